The largest absolute Gasteiger partial charge is 0.611 e. The fourth-order valence-electron chi connectivity index (χ4n) is 1.42. The number of nitrogens with one attached hydrogen (secondary N) is 1. The quantitative estimate of drug-likeness (QED) is 0.768. The molecule has 0 radical (unpaired) electrons. The molecule has 1 heterocycles. The predicted molar refractivity (Wildman–Crippen MR) is 66.1 cm³/mol. The fourth-order valence-corrected chi connectivity index (χ4v) is 4.47. The second-order valence-electron chi connectivity index (χ2n) is 3.26. The Kier molecular flexibility index (Phi) is 5.56. The molecule has 0 aromatic rings. The number of amides is 1. The molecule has 0 bridgehead atoms. The lowest BCUT2D eigenvalue weighted by atomic mass is 10.3. The molecule has 5 heteroatoms. The minimum atomic E-state index is -1.09. The predicted octanol–water partition coefficient (Wildman–Crippen LogP) is 1.63. The summed E-state index contributed by atoms with van der Waals surface area (Å²) >= 11 is 0.585. The number of hydrogen-bond acceptors (Lipinski definition) is 3. The van der Waals surface area contributed by atoms with Crippen LogP contribution in [0.5, 0.6) is 0 Å². The number of carbonyl (C=O) groups excluding carboxylic acids is 1. The number of rotatable bonds is 4. The molecule has 1 amide bonds. The average molecular weight is 247 g/mol. The third-order valence-electron chi connectivity index (χ3n) is 2.05. The second kappa shape index (κ2) is 6.45. The summed E-state index contributed by atoms with van der Waals surface area (Å²) in [6.45, 7) is 4.53. The first-order chi connectivity index (χ1) is 7.20. The molecule has 1 N–H and O–H groups in total. The number of allylic oxidation sites excluding steroid dienone is 1. The Hall–Kier alpha value is -0.130. The van der Waals surface area contributed by atoms with Crippen molar-refractivity contribution in [1.82, 2.24) is 5.32 Å². The maximum Gasteiger partial charge on any atom is 0.300 e. The Balaban J connectivity index is 2.86. The van der Waals surface area contributed by atoms with Crippen molar-refractivity contribution in [2.45, 2.75) is 26.7 Å². The lowest BCUT2D eigenvalue weighted by Gasteiger charge is -2.21. The molecular formula is C10H17NO2S2. The van der Waals surface area contributed by atoms with Crippen LogP contribution in [0, 0.1) is 0 Å². The van der Waals surface area contributed by atoms with Crippen LogP contribution in [0.15, 0.2) is 9.81 Å². The van der Waals surface area contributed by atoms with Crippen molar-refractivity contribution in [1.29, 1.82) is 0 Å². The molecule has 15 heavy (non-hydrogen) atoms. The lowest BCUT2D eigenvalue weighted by molar-refractivity contribution is -0.116. The van der Waals surface area contributed by atoms with Crippen molar-refractivity contribution < 1.29 is 9.35 Å². The van der Waals surface area contributed by atoms with Crippen molar-refractivity contribution in [2.24, 2.45) is 0 Å². The van der Waals surface area contributed by atoms with Crippen LogP contribution in [0.4, 0.5) is 0 Å². The number of hydrogen-bond donors (Lipinski definition) is 1. The van der Waals surface area contributed by atoms with Crippen LogP contribution in [0.25, 0.3) is 0 Å². The third kappa shape index (κ3) is 3.43. The molecule has 0 saturated heterocycles. The smallest absolute Gasteiger partial charge is 0.300 e. The Morgan fingerprint density at radius 2 is 2.33 bits per heavy atom. The monoisotopic (exact) mass is 247 g/mol. The van der Waals surface area contributed by atoms with E-state index in [-0.39, 0.29) is 5.91 Å². The van der Waals surface area contributed by atoms with E-state index in [1.165, 1.54) is 0 Å². The number of thioether (sulfide) groups is 1. The van der Waals surface area contributed by atoms with Crippen molar-refractivity contribution >= 4 is 28.8 Å². The van der Waals surface area contributed by atoms with Gasteiger partial charge in [-0.1, -0.05) is 13.3 Å². The Labute approximate surface area is 98.3 Å². The maximum absolute atomic E-state index is 11.8. The topological polar surface area (TPSA) is 52.2 Å². The van der Waals surface area contributed by atoms with Crippen LogP contribution in [0.3, 0.4) is 0 Å². The summed E-state index contributed by atoms with van der Waals surface area (Å²) in [5.74, 6) is 1.32. The number of likely N-dealkylation sites (N-methyl/N-ethyl adjacent to an activating group) is 1. The molecule has 0 saturated carbocycles. The van der Waals surface area contributed by atoms with Crippen molar-refractivity contribution in [3.63, 3.8) is 0 Å². The summed E-state index contributed by atoms with van der Waals surface area (Å²) in [6.07, 6.45) is 1.85. The zero-order valence-electron chi connectivity index (χ0n) is 9.17. The second-order valence-corrected chi connectivity index (χ2v) is 5.96. The highest BCUT2D eigenvalue weighted by molar-refractivity contribution is 8.07. The Morgan fingerprint density at radius 1 is 1.60 bits per heavy atom. The molecule has 3 nitrogen and oxygen atoms in total. The van der Waals surface area contributed by atoms with E-state index in [0.29, 0.717) is 17.2 Å². The molecule has 1 atom stereocenters. The highest BCUT2D eigenvalue weighted by Crippen LogP contribution is 2.33. The van der Waals surface area contributed by atoms with E-state index in [2.05, 4.69) is 12.2 Å². The van der Waals surface area contributed by atoms with Gasteiger partial charge in [0.1, 0.15) is 5.75 Å². The summed E-state index contributed by atoms with van der Waals surface area (Å²) in [4.78, 5) is 13.3. The molecule has 0 fully saturated rings. The molecular weight excluding hydrogens is 230 g/mol. The van der Waals surface area contributed by atoms with E-state index in [1.807, 2.05) is 6.92 Å². The van der Waals surface area contributed by atoms with Gasteiger partial charge in [-0.2, -0.15) is 0 Å². The van der Waals surface area contributed by atoms with E-state index in [1.54, 1.807) is 11.8 Å². The normalized spacial score (nSPS) is 21.7. The first-order valence-corrected chi connectivity index (χ1v) is 7.53. The van der Waals surface area contributed by atoms with Crippen LogP contribution in [-0.2, 0) is 16.0 Å². The van der Waals surface area contributed by atoms with Crippen molar-refractivity contribution in [3.8, 4) is 0 Å². The minimum absolute atomic E-state index is 0.147. The summed E-state index contributed by atoms with van der Waals surface area (Å²) in [5, 5.41) is 2.73. The van der Waals surface area contributed by atoms with E-state index < -0.39 is 11.2 Å². The molecule has 1 aliphatic rings. The van der Waals surface area contributed by atoms with Crippen LogP contribution >= 0.6 is 11.8 Å². The summed E-state index contributed by atoms with van der Waals surface area (Å²) in [6, 6.07) is 0. The van der Waals surface area contributed by atoms with Gasteiger partial charge in [-0.25, -0.2) is 0 Å². The number of carbonyl (C=O) groups is 1. The van der Waals surface area contributed by atoms with E-state index in [9.17, 15) is 9.35 Å². The summed E-state index contributed by atoms with van der Waals surface area (Å²) < 4.78 is 11.8. The molecule has 0 aromatic heterocycles. The average Bonchev–Trinajstić information content (AvgIpc) is 2.18. The van der Waals surface area contributed by atoms with Crippen LogP contribution in [0.1, 0.15) is 26.7 Å². The van der Waals surface area contributed by atoms with Gasteiger partial charge in [0.05, 0.1) is 0 Å². The standard InChI is InChI=1S/C10H17NO2S2/c1-3-5-8-9(10(12)11-4-2)15(13)7-6-14-8/h3-7H2,1-2H3,(H,11,12). The van der Waals surface area contributed by atoms with Gasteiger partial charge < -0.3 is 9.87 Å². The van der Waals surface area contributed by atoms with Gasteiger partial charge >= 0.3 is 0 Å². The Morgan fingerprint density at radius 3 is 2.93 bits per heavy atom. The van der Waals surface area contributed by atoms with E-state index in [0.717, 1.165) is 23.5 Å². The van der Waals surface area contributed by atoms with Gasteiger partial charge in [0.25, 0.3) is 5.91 Å². The van der Waals surface area contributed by atoms with Gasteiger partial charge in [0.2, 0.25) is 4.91 Å². The van der Waals surface area contributed by atoms with Crippen molar-refractivity contribution in [3.05, 3.63) is 9.81 Å². The summed E-state index contributed by atoms with van der Waals surface area (Å²) in [7, 11) is 0. The Bertz CT molecular complexity index is 266. The first kappa shape index (κ1) is 12.9. The van der Waals surface area contributed by atoms with Gasteiger partial charge in [-0.05, 0) is 24.5 Å². The zero-order chi connectivity index (χ0) is 11.3. The zero-order valence-corrected chi connectivity index (χ0v) is 10.8. The van der Waals surface area contributed by atoms with Gasteiger partial charge in [-0.3, -0.25) is 4.79 Å². The van der Waals surface area contributed by atoms with Gasteiger partial charge in [-0.15, -0.1) is 11.8 Å². The van der Waals surface area contributed by atoms with E-state index in [4.69, 9.17) is 0 Å². The van der Waals surface area contributed by atoms with Gasteiger partial charge in [0.15, 0.2) is 0 Å². The highest BCUT2D eigenvalue weighted by Gasteiger charge is 2.30. The molecule has 86 valence electrons. The molecule has 0 aliphatic carbocycles. The van der Waals surface area contributed by atoms with Gasteiger partial charge in [0, 0.05) is 17.2 Å². The molecule has 1 unspecified atom stereocenters. The molecule has 1 aliphatic heterocycles. The van der Waals surface area contributed by atoms with Crippen molar-refractivity contribution in [2.75, 3.05) is 18.1 Å². The molecule has 0 aromatic carbocycles. The first-order valence-electron chi connectivity index (χ1n) is 5.23. The molecule has 1 rings (SSSR count). The molecule has 0 spiro atoms. The minimum Gasteiger partial charge on any atom is -0.611 e. The SMILES string of the molecule is CCCC1=C(C(=O)NCC)[S+]([O-])CCS1. The maximum atomic E-state index is 11.8. The lowest BCUT2D eigenvalue weighted by Crippen LogP contribution is -2.32. The highest BCUT2D eigenvalue weighted by atomic mass is 32.2. The summed E-state index contributed by atoms with van der Waals surface area (Å²) in [5.41, 5.74) is 0. The van der Waals surface area contributed by atoms with Crippen LogP contribution < -0.4 is 5.32 Å². The van der Waals surface area contributed by atoms with Crippen LogP contribution in [-0.4, -0.2) is 28.5 Å². The van der Waals surface area contributed by atoms with E-state index >= 15 is 0 Å². The van der Waals surface area contributed by atoms with Crippen LogP contribution in [0.2, 0.25) is 0 Å². The third-order valence-corrected chi connectivity index (χ3v) is 5.06. The fraction of sp³-hybridized carbons (Fsp3) is 0.700.